The number of nitrogens with zero attached hydrogens (tertiary/aromatic N) is 1. The summed E-state index contributed by atoms with van der Waals surface area (Å²) >= 11 is 0. The molecule has 7 nitrogen and oxygen atoms in total. The van der Waals surface area contributed by atoms with Crippen molar-refractivity contribution < 1.29 is 19.1 Å². The molecular weight excluding hydrogens is 370 g/mol. The molecule has 1 aromatic carbocycles. The number of benzene rings is 1. The molecular formula is C22H29N3O4. The summed E-state index contributed by atoms with van der Waals surface area (Å²) in [6, 6.07) is 11.1. The lowest BCUT2D eigenvalue weighted by Crippen LogP contribution is -2.53. The zero-order valence-corrected chi connectivity index (χ0v) is 17.8. The lowest BCUT2D eigenvalue weighted by molar-refractivity contribution is -0.121. The first-order valence-electron chi connectivity index (χ1n) is 9.54. The summed E-state index contributed by atoms with van der Waals surface area (Å²) in [4.78, 5) is 28.8. The Labute approximate surface area is 171 Å². The summed E-state index contributed by atoms with van der Waals surface area (Å²) in [5, 5.41) is 5.31. The Hall–Kier alpha value is -3.09. The van der Waals surface area contributed by atoms with E-state index in [1.165, 1.54) is 6.20 Å². The molecule has 0 fully saturated rings. The van der Waals surface area contributed by atoms with E-state index in [2.05, 4.69) is 22.5 Å². The van der Waals surface area contributed by atoms with Gasteiger partial charge in [-0.15, -0.1) is 0 Å². The number of nitrogens with one attached hydrogen (secondary N) is 2. The number of rotatable bonds is 6. The maximum atomic E-state index is 12.6. The van der Waals surface area contributed by atoms with Gasteiger partial charge in [-0.3, -0.25) is 4.79 Å². The fraction of sp³-hybridized carbons (Fsp3) is 0.409. The number of ether oxygens (including phenoxy) is 2. The largest absolute Gasteiger partial charge is 0.444 e. The van der Waals surface area contributed by atoms with Crippen LogP contribution in [0.3, 0.4) is 0 Å². The summed E-state index contributed by atoms with van der Waals surface area (Å²) in [6.45, 7) is 10.5. The van der Waals surface area contributed by atoms with Crippen molar-refractivity contribution in [2.45, 2.75) is 59.1 Å². The molecule has 2 aromatic rings. The van der Waals surface area contributed by atoms with E-state index in [-0.39, 0.29) is 0 Å². The second-order valence-electron chi connectivity index (χ2n) is 8.15. The summed E-state index contributed by atoms with van der Waals surface area (Å²) in [5.74, 6) is 0.784. The van der Waals surface area contributed by atoms with Crippen LogP contribution in [0.4, 0.5) is 10.5 Å². The highest BCUT2D eigenvalue weighted by atomic mass is 16.6. The fourth-order valence-corrected chi connectivity index (χ4v) is 2.43. The normalized spacial score (nSPS) is 11.5. The molecule has 0 unspecified atom stereocenters. The molecule has 0 aliphatic heterocycles. The number of para-hydroxylation sites is 1. The Bertz CT molecular complexity index is 855. The minimum Gasteiger partial charge on any atom is -0.444 e. The molecule has 0 radical (unpaired) electrons. The van der Waals surface area contributed by atoms with Gasteiger partial charge < -0.3 is 20.1 Å². The molecule has 2 N–H and O–H groups in total. The molecule has 29 heavy (non-hydrogen) atoms. The molecule has 7 heteroatoms. The zero-order chi connectivity index (χ0) is 21.7. The molecule has 0 spiro atoms. The Morgan fingerprint density at radius 2 is 1.72 bits per heavy atom. The van der Waals surface area contributed by atoms with E-state index < -0.39 is 23.1 Å². The van der Waals surface area contributed by atoms with Crippen LogP contribution in [0, 0.1) is 0 Å². The SMILES string of the molecule is CCc1ccccc1Oc1ccc(NC(=O)C(C)(C)NC(=O)OC(C)(C)C)cn1. The summed E-state index contributed by atoms with van der Waals surface area (Å²) in [7, 11) is 0. The highest BCUT2D eigenvalue weighted by molar-refractivity contribution is 5.99. The molecule has 2 rings (SSSR count). The minimum atomic E-state index is -1.17. The van der Waals surface area contributed by atoms with Crippen molar-refractivity contribution in [3.63, 3.8) is 0 Å². The summed E-state index contributed by atoms with van der Waals surface area (Å²) < 4.78 is 11.0. The van der Waals surface area contributed by atoms with E-state index in [1.807, 2.05) is 24.3 Å². The summed E-state index contributed by atoms with van der Waals surface area (Å²) in [6.07, 6.45) is 1.70. The zero-order valence-electron chi connectivity index (χ0n) is 17.8. The van der Waals surface area contributed by atoms with E-state index in [0.717, 1.165) is 17.7 Å². The van der Waals surface area contributed by atoms with Crippen LogP contribution < -0.4 is 15.4 Å². The maximum absolute atomic E-state index is 12.6. The minimum absolute atomic E-state index is 0.393. The molecule has 0 atom stereocenters. The third kappa shape index (κ3) is 6.78. The van der Waals surface area contributed by atoms with Crippen LogP contribution in [0.5, 0.6) is 11.6 Å². The first-order valence-corrected chi connectivity index (χ1v) is 9.54. The quantitative estimate of drug-likeness (QED) is 0.736. The van der Waals surface area contributed by atoms with E-state index in [9.17, 15) is 9.59 Å². The van der Waals surface area contributed by atoms with Crippen LogP contribution in [0.25, 0.3) is 0 Å². The molecule has 1 aromatic heterocycles. The van der Waals surface area contributed by atoms with Gasteiger partial charge in [-0.05, 0) is 58.7 Å². The van der Waals surface area contributed by atoms with Crippen molar-refractivity contribution in [1.29, 1.82) is 0 Å². The third-order valence-electron chi connectivity index (χ3n) is 3.94. The molecule has 0 saturated carbocycles. The van der Waals surface area contributed by atoms with Gasteiger partial charge in [-0.25, -0.2) is 9.78 Å². The average molecular weight is 399 g/mol. The number of carbonyl (C=O) groups is 2. The average Bonchev–Trinajstić information content (AvgIpc) is 2.61. The van der Waals surface area contributed by atoms with Gasteiger partial charge in [0.25, 0.3) is 0 Å². The number of aryl methyl sites for hydroxylation is 1. The van der Waals surface area contributed by atoms with Crippen LogP contribution in [0.15, 0.2) is 42.6 Å². The van der Waals surface area contributed by atoms with Gasteiger partial charge in [0.15, 0.2) is 0 Å². The second-order valence-corrected chi connectivity index (χ2v) is 8.15. The van der Waals surface area contributed by atoms with Crippen molar-refractivity contribution in [3.8, 4) is 11.6 Å². The Morgan fingerprint density at radius 1 is 1.03 bits per heavy atom. The standard InChI is InChI=1S/C22H29N3O4/c1-7-15-10-8-9-11-17(15)28-18-13-12-16(14-23-18)24-19(26)22(5,6)25-20(27)29-21(2,3)4/h8-14H,7H2,1-6H3,(H,24,26)(H,25,27). The van der Waals surface area contributed by atoms with Crippen LogP contribution >= 0.6 is 0 Å². The van der Waals surface area contributed by atoms with E-state index in [1.54, 1.807) is 46.8 Å². The fourth-order valence-electron chi connectivity index (χ4n) is 2.43. The molecule has 2 amide bonds. The van der Waals surface area contributed by atoms with Gasteiger partial charge in [0.05, 0.1) is 11.9 Å². The second kappa shape index (κ2) is 8.94. The highest BCUT2D eigenvalue weighted by Crippen LogP contribution is 2.25. The topological polar surface area (TPSA) is 89.6 Å². The van der Waals surface area contributed by atoms with Crippen LogP contribution in [0.2, 0.25) is 0 Å². The van der Waals surface area contributed by atoms with E-state index >= 15 is 0 Å². The van der Waals surface area contributed by atoms with Gasteiger partial charge in [0.1, 0.15) is 16.9 Å². The van der Waals surface area contributed by atoms with Gasteiger partial charge >= 0.3 is 6.09 Å². The summed E-state index contributed by atoms with van der Waals surface area (Å²) in [5.41, 5.74) is -0.239. The monoisotopic (exact) mass is 399 g/mol. The van der Waals surface area contributed by atoms with Crippen LogP contribution in [-0.4, -0.2) is 28.1 Å². The van der Waals surface area contributed by atoms with E-state index in [4.69, 9.17) is 9.47 Å². The Balaban J connectivity index is 1.99. The first-order chi connectivity index (χ1) is 13.5. The maximum Gasteiger partial charge on any atom is 0.408 e. The third-order valence-corrected chi connectivity index (χ3v) is 3.94. The van der Waals surface area contributed by atoms with Crippen molar-refractivity contribution in [2.24, 2.45) is 0 Å². The van der Waals surface area contributed by atoms with Crippen LogP contribution in [0.1, 0.15) is 47.1 Å². The molecule has 0 aliphatic carbocycles. The van der Waals surface area contributed by atoms with Gasteiger partial charge in [0, 0.05) is 6.07 Å². The number of alkyl carbamates (subject to hydrolysis) is 1. The predicted molar refractivity (Wildman–Crippen MR) is 112 cm³/mol. The molecule has 0 saturated heterocycles. The lowest BCUT2D eigenvalue weighted by Gasteiger charge is -2.27. The number of hydrogen-bond acceptors (Lipinski definition) is 5. The predicted octanol–water partition coefficient (Wildman–Crippen LogP) is 4.68. The van der Waals surface area contributed by atoms with Gasteiger partial charge in [0.2, 0.25) is 11.8 Å². The van der Waals surface area contributed by atoms with Crippen molar-refractivity contribution in [2.75, 3.05) is 5.32 Å². The molecule has 1 heterocycles. The van der Waals surface area contributed by atoms with Crippen LogP contribution in [-0.2, 0) is 16.0 Å². The van der Waals surface area contributed by atoms with E-state index in [0.29, 0.717) is 11.6 Å². The van der Waals surface area contributed by atoms with Crippen molar-refractivity contribution in [3.05, 3.63) is 48.2 Å². The Morgan fingerprint density at radius 3 is 2.31 bits per heavy atom. The number of anilines is 1. The van der Waals surface area contributed by atoms with Crippen molar-refractivity contribution >= 4 is 17.7 Å². The number of carbonyl (C=O) groups excluding carboxylic acids is 2. The highest BCUT2D eigenvalue weighted by Gasteiger charge is 2.31. The number of hydrogen-bond donors (Lipinski definition) is 2. The number of amides is 2. The number of aromatic nitrogens is 1. The number of pyridine rings is 1. The van der Waals surface area contributed by atoms with Gasteiger partial charge in [-0.2, -0.15) is 0 Å². The van der Waals surface area contributed by atoms with Crippen molar-refractivity contribution in [1.82, 2.24) is 10.3 Å². The lowest BCUT2D eigenvalue weighted by atomic mass is 10.0. The smallest absolute Gasteiger partial charge is 0.408 e. The molecule has 156 valence electrons. The molecule has 0 bridgehead atoms. The van der Waals surface area contributed by atoms with Gasteiger partial charge in [-0.1, -0.05) is 25.1 Å². The first kappa shape index (κ1) is 22.2. The Kier molecular flexibility index (Phi) is 6.84. The molecule has 0 aliphatic rings.